The Morgan fingerprint density at radius 3 is 2.70 bits per heavy atom. The summed E-state index contributed by atoms with van der Waals surface area (Å²) in [6.45, 7) is 7.04. The van der Waals surface area contributed by atoms with E-state index in [2.05, 4.69) is 24.1 Å². The fraction of sp³-hybridized carbons (Fsp3) is 0.600. The SMILES string of the molecule is CCCNc1ccc(Cl)c(C(=O)N(C)C(C)CCC)n1. The molecule has 4 nitrogen and oxygen atoms in total. The number of nitrogens with one attached hydrogen (secondary N) is 1. The van der Waals surface area contributed by atoms with E-state index in [1.807, 2.05) is 6.92 Å². The van der Waals surface area contributed by atoms with Gasteiger partial charge in [0.2, 0.25) is 0 Å². The van der Waals surface area contributed by atoms with E-state index in [9.17, 15) is 4.79 Å². The molecule has 0 spiro atoms. The summed E-state index contributed by atoms with van der Waals surface area (Å²) < 4.78 is 0. The lowest BCUT2D eigenvalue weighted by Crippen LogP contribution is -2.35. The number of nitrogens with zero attached hydrogens (tertiary/aromatic N) is 2. The molecule has 0 radical (unpaired) electrons. The van der Waals surface area contributed by atoms with Gasteiger partial charge in [0.25, 0.3) is 5.91 Å². The molecule has 0 saturated carbocycles. The summed E-state index contributed by atoms with van der Waals surface area (Å²) in [4.78, 5) is 18.5. The monoisotopic (exact) mass is 297 g/mol. The van der Waals surface area contributed by atoms with Crippen LogP contribution in [0.4, 0.5) is 5.82 Å². The van der Waals surface area contributed by atoms with Gasteiger partial charge in [-0.15, -0.1) is 0 Å². The minimum Gasteiger partial charge on any atom is -0.370 e. The van der Waals surface area contributed by atoms with Gasteiger partial charge in [-0.05, 0) is 31.9 Å². The molecule has 20 heavy (non-hydrogen) atoms. The Kier molecular flexibility index (Phi) is 6.79. The van der Waals surface area contributed by atoms with Crippen LogP contribution in [0.3, 0.4) is 0 Å². The van der Waals surface area contributed by atoms with Crippen LogP contribution in [0.1, 0.15) is 50.5 Å². The number of aromatic nitrogens is 1. The van der Waals surface area contributed by atoms with E-state index in [-0.39, 0.29) is 11.9 Å². The van der Waals surface area contributed by atoms with Crippen LogP contribution in [-0.4, -0.2) is 35.4 Å². The van der Waals surface area contributed by atoms with Crippen LogP contribution in [0.5, 0.6) is 0 Å². The normalized spacial score (nSPS) is 12.1. The molecule has 0 aliphatic heterocycles. The maximum Gasteiger partial charge on any atom is 0.274 e. The van der Waals surface area contributed by atoms with Gasteiger partial charge in [-0.1, -0.05) is 31.9 Å². The zero-order valence-corrected chi connectivity index (χ0v) is 13.5. The first-order valence-corrected chi connectivity index (χ1v) is 7.56. The van der Waals surface area contributed by atoms with Crippen molar-refractivity contribution in [3.05, 3.63) is 22.8 Å². The van der Waals surface area contributed by atoms with E-state index in [0.717, 1.165) is 25.8 Å². The van der Waals surface area contributed by atoms with Crippen LogP contribution in [-0.2, 0) is 0 Å². The number of halogens is 1. The molecular weight excluding hydrogens is 274 g/mol. The van der Waals surface area contributed by atoms with Gasteiger partial charge in [-0.3, -0.25) is 4.79 Å². The molecule has 1 aromatic rings. The van der Waals surface area contributed by atoms with Crippen molar-refractivity contribution in [1.29, 1.82) is 0 Å². The van der Waals surface area contributed by atoms with Crippen LogP contribution < -0.4 is 5.32 Å². The van der Waals surface area contributed by atoms with Crippen LogP contribution in [0.25, 0.3) is 0 Å². The van der Waals surface area contributed by atoms with E-state index in [4.69, 9.17) is 11.6 Å². The van der Waals surface area contributed by atoms with Crippen molar-refractivity contribution in [3.63, 3.8) is 0 Å². The number of anilines is 1. The molecule has 1 amide bonds. The smallest absolute Gasteiger partial charge is 0.274 e. The minimum absolute atomic E-state index is 0.129. The molecule has 5 heteroatoms. The van der Waals surface area contributed by atoms with Crippen LogP contribution >= 0.6 is 11.6 Å². The molecule has 1 atom stereocenters. The van der Waals surface area contributed by atoms with Gasteiger partial charge in [0, 0.05) is 19.6 Å². The Morgan fingerprint density at radius 1 is 1.40 bits per heavy atom. The van der Waals surface area contributed by atoms with Crippen molar-refractivity contribution in [2.24, 2.45) is 0 Å². The number of carbonyl (C=O) groups is 1. The Bertz CT molecular complexity index is 451. The average molecular weight is 298 g/mol. The first kappa shape index (κ1) is 16.8. The second-order valence-corrected chi connectivity index (χ2v) is 5.41. The highest BCUT2D eigenvalue weighted by Crippen LogP contribution is 2.19. The predicted molar refractivity (Wildman–Crippen MR) is 84.5 cm³/mol. The van der Waals surface area contributed by atoms with Crippen molar-refractivity contribution in [2.75, 3.05) is 18.9 Å². The summed E-state index contributed by atoms with van der Waals surface area (Å²) >= 11 is 6.11. The first-order valence-electron chi connectivity index (χ1n) is 7.18. The summed E-state index contributed by atoms with van der Waals surface area (Å²) in [6, 6.07) is 3.69. The van der Waals surface area contributed by atoms with Crippen LogP contribution in [0.2, 0.25) is 5.02 Å². The van der Waals surface area contributed by atoms with Crippen molar-refractivity contribution in [1.82, 2.24) is 9.88 Å². The topological polar surface area (TPSA) is 45.2 Å². The van der Waals surface area contributed by atoms with E-state index >= 15 is 0 Å². The Balaban J connectivity index is 2.90. The predicted octanol–water partition coefficient (Wildman–Crippen LogP) is 3.82. The molecule has 1 N–H and O–H groups in total. The standard InChI is InChI=1S/C15H24ClN3O/c1-5-7-11(3)19(4)15(20)14-12(16)8-9-13(18-14)17-10-6-2/h8-9,11H,5-7,10H2,1-4H3,(H,17,18). The maximum atomic E-state index is 12.5. The van der Waals surface area contributed by atoms with Crippen molar-refractivity contribution < 1.29 is 4.79 Å². The first-order chi connectivity index (χ1) is 9.51. The molecule has 1 aromatic heterocycles. The number of hydrogen-bond donors (Lipinski definition) is 1. The summed E-state index contributed by atoms with van der Waals surface area (Å²) in [7, 11) is 1.80. The number of pyridine rings is 1. The van der Waals surface area contributed by atoms with Gasteiger partial charge in [0.05, 0.1) is 5.02 Å². The fourth-order valence-corrected chi connectivity index (χ4v) is 2.11. The average Bonchev–Trinajstić information content (AvgIpc) is 2.45. The zero-order chi connectivity index (χ0) is 15.1. The third kappa shape index (κ3) is 4.37. The van der Waals surface area contributed by atoms with Gasteiger partial charge < -0.3 is 10.2 Å². The molecule has 112 valence electrons. The summed E-state index contributed by atoms with van der Waals surface area (Å²) in [5, 5.41) is 3.57. The van der Waals surface area contributed by atoms with E-state index in [1.165, 1.54) is 0 Å². The summed E-state index contributed by atoms with van der Waals surface area (Å²) in [5.74, 6) is 0.562. The number of amides is 1. The van der Waals surface area contributed by atoms with Crippen molar-refractivity contribution >= 4 is 23.3 Å². The Labute approximate surface area is 126 Å². The van der Waals surface area contributed by atoms with Gasteiger partial charge in [0.15, 0.2) is 0 Å². The molecule has 1 unspecified atom stereocenters. The molecule has 1 heterocycles. The summed E-state index contributed by atoms with van der Waals surface area (Å²) in [5.41, 5.74) is 0.318. The highest BCUT2D eigenvalue weighted by Gasteiger charge is 2.21. The second-order valence-electron chi connectivity index (χ2n) is 5.01. The van der Waals surface area contributed by atoms with Gasteiger partial charge in [-0.2, -0.15) is 0 Å². The van der Waals surface area contributed by atoms with Crippen molar-refractivity contribution in [3.8, 4) is 0 Å². The second kappa shape index (κ2) is 8.10. The lowest BCUT2D eigenvalue weighted by Gasteiger charge is -2.24. The molecule has 0 saturated heterocycles. The lowest BCUT2D eigenvalue weighted by atomic mass is 10.1. The van der Waals surface area contributed by atoms with Crippen molar-refractivity contribution in [2.45, 2.75) is 46.1 Å². The molecule has 0 fully saturated rings. The van der Waals surface area contributed by atoms with Gasteiger partial charge >= 0.3 is 0 Å². The molecule has 0 bridgehead atoms. The third-order valence-corrected chi connectivity index (χ3v) is 3.60. The largest absolute Gasteiger partial charge is 0.370 e. The molecule has 0 aliphatic carbocycles. The number of hydrogen-bond acceptors (Lipinski definition) is 3. The number of rotatable bonds is 7. The third-order valence-electron chi connectivity index (χ3n) is 3.29. The maximum absolute atomic E-state index is 12.5. The number of carbonyl (C=O) groups excluding carboxylic acids is 1. The fourth-order valence-electron chi connectivity index (χ4n) is 1.92. The molecule has 1 rings (SSSR count). The lowest BCUT2D eigenvalue weighted by molar-refractivity contribution is 0.0731. The molecule has 0 aliphatic rings. The highest BCUT2D eigenvalue weighted by molar-refractivity contribution is 6.33. The van der Waals surface area contributed by atoms with Gasteiger partial charge in [0.1, 0.15) is 11.5 Å². The van der Waals surface area contributed by atoms with Gasteiger partial charge in [-0.25, -0.2) is 4.98 Å². The summed E-state index contributed by atoms with van der Waals surface area (Å²) in [6.07, 6.45) is 3.01. The molecular formula is C15H24ClN3O. The zero-order valence-electron chi connectivity index (χ0n) is 12.7. The van der Waals surface area contributed by atoms with Crippen LogP contribution in [0, 0.1) is 0 Å². The minimum atomic E-state index is -0.129. The Hall–Kier alpha value is -1.29. The quantitative estimate of drug-likeness (QED) is 0.832. The highest BCUT2D eigenvalue weighted by atomic mass is 35.5. The van der Waals surface area contributed by atoms with E-state index < -0.39 is 0 Å². The van der Waals surface area contributed by atoms with E-state index in [1.54, 1.807) is 24.1 Å². The van der Waals surface area contributed by atoms with E-state index in [0.29, 0.717) is 16.5 Å². The molecule has 0 aromatic carbocycles. The van der Waals surface area contributed by atoms with Crippen LogP contribution in [0.15, 0.2) is 12.1 Å². The Morgan fingerprint density at radius 2 is 2.10 bits per heavy atom.